The fourth-order valence-electron chi connectivity index (χ4n) is 3.03. The Morgan fingerprint density at radius 2 is 1.85 bits per heavy atom. The Morgan fingerprint density at radius 3 is 2.65 bits per heavy atom. The number of aromatic nitrogens is 3. The van der Waals surface area contributed by atoms with Crippen LogP contribution in [0.3, 0.4) is 0 Å². The summed E-state index contributed by atoms with van der Waals surface area (Å²) in [5.74, 6) is 0.142. The standard InChI is InChI=1S/C21H16ClN3O/c22-18-7-4-10-23-21(18)15-8-9-19-17(12-15)20(25-24-19)13-16(26)11-14-5-2-1-3-6-14/h1-10,12H,11,13H2,(H,24,25). The number of pyridine rings is 1. The highest BCUT2D eigenvalue weighted by atomic mass is 35.5. The Morgan fingerprint density at radius 1 is 1.00 bits per heavy atom. The van der Waals surface area contributed by atoms with Gasteiger partial charge in [0.25, 0.3) is 0 Å². The summed E-state index contributed by atoms with van der Waals surface area (Å²) >= 11 is 6.26. The largest absolute Gasteiger partial charge is 0.299 e. The van der Waals surface area contributed by atoms with Crippen LogP contribution in [0, 0.1) is 0 Å². The first-order valence-electron chi connectivity index (χ1n) is 8.34. The first kappa shape index (κ1) is 16.5. The number of rotatable bonds is 5. The van der Waals surface area contributed by atoms with Crippen molar-refractivity contribution in [1.29, 1.82) is 0 Å². The smallest absolute Gasteiger partial charge is 0.143 e. The van der Waals surface area contributed by atoms with Crippen molar-refractivity contribution in [3.63, 3.8) is 0 Å². The van der Waals surface area contributed by atoms with E-state index in [1.165, 1.54) is 0 Å². The van der Waals surface area contributed by atoms with Gasteiger partial charge in [-0.05, 0) is 29.8 Å². The molecule has 0 fully saturated rings. The molecular weight excluding hydrogens is 346 g/mol. The molecule has 0 bridgehead atoms. The molecule has 0 unspecified atom stereocenters. The lowest BCUT2D eigenvalue weighted by Crippen LogP contribution is -2.07. The van der Waals surface area contributed by atoms with Crippen LogP contribution in [0.1, 0.15) is 11.3 Å². The molecule has 128 valence electrons. The van der Waals surface area contributed by atoms with E-state index in [2.05, 4.69) is 15.2 Å². The molecule has 26 heavy (non-hydrogen) atoms. The number of halogens is 1. The number of hydrogen-bond acceptors (Lipinski definition) is 3. The minimum atomic E-state index is 0.142. The molecule has 0 amide bonds. The molecule has 4 rings (SSSR count). The van der Waals surface area contributed by atoms with E-state index >= 15 is 0 Å². The zero-order valence-electron chi connectivity index (χ0n) is 13.9. The summed E-state index contributed by atoms with van der Waals surface area (Å²) in [6.07, 6.45) is 2.43. The average Bonchev–Trinajstić information content (AvgIpc) is 3.05. The maximum absolute atomic E-state index is 12.5. The van der Waals surface area contributed by atoms with Gasteiger partial charge in [0, 0.05) is 30.0 Å². The lowest BCUT2D eigenvalue weighted by atomic mass is 10.0. The molecule has 0 radical (unpaired) electrons. The number of ketones is 1. The fraction of sp³-hybridized carbons (Fsp3) is 0.0952. The Bertz CT molecular complexity index is 1070. The summed E-state index contributed by atoms with van der Waals surface area (Å²) in [7, 11) is 0. The SMILES string of the molecule is O=C(Cc1ccccc1)Cc1[nH]nc2ccc(-c3ncccc3Cl)cc12. The molecule has 0 aliphatic carbocycles. The zero-order valence-corrected chi connectivity index (χ0v) is 14.7. The second-order valence-electron chi connectivity index (χ2n) is 6.15. The van der Waals surface area contributed by atoms with Crippen molar-refractivity contribution in [2.24, 2.45) is 0 Å². The first-order chi connectivity index (χ1) is 12.7. The molecule has 2 heterocycles. The van der Waals surface area contributed by atoms with Crippen LogP contribution in [0.25, 0.3) is 22.2 Å². The number of carbonyl (C=O) groups excluding carboxylic acids is 1. The number of nitrogens with zero attached hydrogens (tertiary/aromatic N) is 2. The minimum Gasteiger partial charge on any atom is -0.299 e. The van der Waals surface area contributed by atoms with Gasteiger partial charge >= 0.3 is 0 Å². The lowest BCUT2D eigenvalue weighted by Gasteiger charge is -2.04. The van der Waals surface area contributed by atoms with E-state index in [9.17, 15) is 4.79 Å². The van der Waals surface area contributed by atoms with Crippen molar-refractivity contribution in [3.05, 3.63) is 83.1 Å². The quantitative estimate of drug-likeness (QED) is 0.563. The number of benzene rings is 2. The van der Waals surface area contributed by atoms with Gasteiger partial charge in [0.2, 0.25) is 0 Å². The molecular formula is C21H16ClN3O. The van der Waals surface area contributed by atoms with Gasteiger partial charge in [0.15, 0.2) is 0 Å². The molecule has 0 saturated carbocycles. The van der Waals surface area contributed by atoms with Gasteiger partial charge in [-0.2, -0.15) is 5.10 Å². The molecule has 0 aliphatic rings. The van der Waals surface area contributed by atoms with Gasteiger partial charge in [-0.1, -0.05) is 48.0 Å². The fourth-order valence-corrected chi connectivity index (χ4v) is 3.26. The van der Waals surface area contributed by atoms with Crippen molar-refractivity contribution < 1.29 is 4.79 Å². The number of H-pyrrole nitrogens is 1. The average molecular weight is 362 g/mol. The van der Waals surface area contributed by atoms with Crippen LogP contribution < -0.4 is 0 Å². The maximum atomic E-state index is 12.5. The van der Waals surface area contributed by atoms with Crippen LogP contribution in [0.5, 0.6) is 0 Å². The minimum absolute atomic E-state index is 0.142. The molecule has 0 spiro atoms. The molecule has 2 aromatic carbocycles. The Balaban J connectivity index is 1.63. The number of Topliss-reactive ketones (excluding diaryl/α,β-unsaturated/α-hetero) is 1. The van der Waals surface area contributed by atoms with E-state index in [1.807, 2.05) is 54.6 Å². The van der Waals surface area contributed by atoms with Crippen LogP contribution in [0.4, 0.5) is 0 Å². The van der Waals surface area contributed by atoms with E-state index in [1.54, 1.807) is 12.3 Å². The number of carbonyl (C=O) groups is 1. The lowest BCUT2D eigenvalue weighted by molar-refractivity contribution is -0.117. The molecule has 4 nitrogen and oxygen atoms in total. The van der Waals surface area contributed by atoms with Crippen LogP contribution in [-0.2, 0) is 17.6 Å². The molecule has 4 aromatic rings. The monoisotopic (exact) mass is 361 g/mol. The van der Waals surface area contributed by atoms with E-state index in [-0.39, 0.29) is 5.78 Å². The predicted molar refractivity (Wildman–Crippen MR) is 103 cm³/mol. The summed E-state index contributed by atoms with van der Waals surface area (Å²) < 4.78 is 0. The summed E-state index contributed by atoms with van der Waals surface area (Å²) in [4.78, 5) is 16.8. The summed E-state index contributed by atoms with van der Waals surface area (Å²) in [6, 6.07) is 19.2. The Labute approximate surface area is 155 Å². The normalized spacial score (nSPS) is 11.0. The molecule has 2 aromatic heterocycles. The second kappa shape index (κ2) is 7.10. The third kappa shape index (κ3) is 3.37. The summed E-state index contributed by atoms with van der Waals surface area (Å²) in [5, 5.41) is 8.82. The topological polar surface area (TPSA) is 58.6 Å². The van der Waals surface area contributed by atoms with E-state index in [0.29, 0.717) is 17.9 Å². The third-order valence-electron chi connectivity index (χ3n) is 4.28. The van der Waals surface area contributed by atoms with Gasteiger partial charge in [-0.3, -0.25) is 14.9 Å². The van der Waals surface area contributed by atoms with Crippen molar-refractivity contribution in [2.45, 2.75) is 12.8 Å². The zero-order chi connectivity index (χ0) is 17.9. The number of hydrogen-bond donors (Lipinski definition) is 1. The number of aromatic amines is 1. The number of nitrogens with one attached hydrogen (secondary N) is 1. The summed E-state index contributed by atoms with van der Waals surface area (Å²) in [5.41, 5.74) is 4.28. The first-order valence-corrected chi connectivity index (χ1v) is 8.72. The van der Waals surface area contributed by atoms with E-state index in [0.717, 1.165) is 33.4 Å². The van der Waals surface area contributed by atoms with Crippen LogP contribution in [0.15, 0.2) is 66.9 Å². The van der Waals surface area contributed by atoms with Crippen molar-refractivity contribution in [3.8, 4) is 11.3 Å². The predicted octanol–water partition coefficient (Wildman–Crippen LogP) is 4.63. The van der Waals surface area contributed by atoms with Crippen LogP contribution >= 0.6 is 11.6 Å². The van der Waals surface area contributed by atoms with Crippen molar-refractivity contribution >= 4 is 28.3 Å². The van der Waals surface area contributed by atoms with Crippen molar-refractivity contribution in [2.75, 3.05) is 0 Å². The summed E-state index contributed by atoms with van der Waals surface area (Å²) in [6.45, 7) is 0. The molecule has 0 saturated heterocycles. The highest BCUT2D eigenvalue weighted by molar-refractivity contribution is 6.33. The highest BCUT2D eigenvalue weighted by Gasteiger charge is 2.13. The van der Waals surface area contributed by atoms with Crippen LogP contribution in [0.2, 0.25) is 5.02 Å². The Hall–Kier alpha value is -2.98. The molecule has 1 N–H and O–H groups in total. The van der Waals surface area contributed by atoms with E-state index in [4.69, 9.17) is 11.6 Å². The van der Waals surface area contributed by atoms with Gasteiger partial charge in [-0.15, -0.1) is 0 Å². The van der Waals surface area contributed by atoms with Gasteiger partial charge < -0.3 is 0 Å². The van der Waals surface area contributed by atoms with Crippen molar-refractivity contribution in [1.82, 2.24) is 15.2 Å². The molecule has 0 atom stereocenters. The van der Waals surface area contributed by atoms with Gasteiger partial charge in [0.05, 0.1) is 21.9 Å². The molecule has 5 heteroatoms. The van der Waals surface area contributed by atoms with Gasteiger partial charge in [0.1, 0.15) is 5.78 Å². The maximum Gasteiger partial charge on any atom is 0.143 e. The number of fused-ring (bicyclic) bond motifs is 1. The van der Waals surface area contributed by atoms with Gasteiger partial charge in [-0.25, -0.2) is 0 Å². The Kier molecular flexibility index (Phi) is 4.50. The second-order valence-corrected chi connectivity index (χ2v) is 6.55. The van der Waals surface area contributed by atoms with Crippen LogP contribution in [-0.4, -0.2) is 21.0 Å². The highest BCUT2D eigenvalue weighted by Crippen LogP contribution is 2.29. The van der Waals surface area contributed by atoms with E-state index < -0.39 is 0 Å². The third-order valence-corrected chi connectivity index (χ3v) is 4.59. The molecule has 0 aliphatic heterocycles.